The number of aryl methyl sites for hydroxylation is 2. The van der Waals surface area contributed by atoms with E-state index in [0.717, 1.165) is 42.4 Å². The lowest BCUT2D eigenvalue weighted by Gasteiger charge is -2.11. The first kappa shape index (κ1) is 15.3. The number of alkyl halides is 1. The van der Waals surface area contributed by atoms with Crippen LogP contribution in [0.15, 0.2) is 0 Å². The lowest BCUT2D eigenvalue weighted by atomic mass is 10.4. The van der Waals surface area contributed by atoms with Gasteiger partial charge >= 0.3 is 0 Å². The zero-order valence-corrected chi connectivity index (χ0v) is 13.3. The van der Waals surface area contributed by atoms with E-state index in [9.17, 15) is 0 Å². The Hall–Kier alpha value is -1.11. The molecule has 2 aromatic heterocycles. The Bertz CT molecular complexity index is 575. The van der Waals surface area contributed by atoms with Crippen LogP contribution in [-0.2, 0) is 24.2 Å². The van der Waals surface area contributed by atoms with E-state index in [2.05, 4.69) is 19.5 Å². The number of hydrogen-bond acceptors (Lipinski definition) is 4. The number of ether oxygens (including phenoxy) is 1. The number of nitrogens with zero attached hydrogens (tertiary/aromatic N) is 5. The molecule has 0 N–H and O–H groups in total. The van der Waals surface area contributed by atoms with Crippen LogP contribution in [0.3, 0.4) is 0 Å². The maximum Gasteiger partial charge on any atom is 0.158 e. The van der Waals surface area contributed by atoms with Gasteiger partial charge in [-0.3, -0.25) is 4.68 Å². The third-order valence-electron chi connectivity index (χ3n) is 3.23. The van der Waals surface area contributed by atoms with Crippen molar-refractivity contribution in [3.05, 3.63) is 11.5 Å². The fraction of sp³-hybridized carbons (Fsp3) is 0.692. The van der Waals surface area contributed by atoms with Gasteiger partial charge in [-0.05, 0) is 21.0 Å². The highest BCUT2D eigenvalue weighted by Crippen LogP contribution is 2.19. The second-order valence-electron chi connectivity index (χ2n) is 5.11. The monoisotopic (exact) mass is 299 g/mol. The highest BCUT2D eigenvalue weighted by Gasteiger charge is 2.16. The summed E-state index contributed by atoms with van der Waals surface area (Å²) in [6.07, 6.45) is 0. The molecule has 0 aliphatic rings. The SMILES string of the molecule is Cc1nn(C)c2c1nc(CCl)n2CCOCCN(C)C. The minimum Gasteiger partial charge on any atom is -0.378 e. The smallest absolute Gasteiger partial charge is 0.158 e. The normalized spacial score (nSPS) is 11.9. The van der Waals surface area contributed by atoms with Crippen LogP contribution in [0.2, 0.25) is 0 Å². The first-order valence-electron chi connectivity index (χ1n) is 6.71. The van der Waals surface area contributed by atoms with Gasteiger partial charge in [0.15, 0.2) is 5.65 Å². The Balaban J connectivity index is 2.08. The summed E-state index contributed by atoms with van der Waals surface area (Å²) in [5, 5.41) is 4.40. The fourth-order valence-electron chi connectivity index (χ4n) is 2.22. The van der Waals surface area contributed by atoms with Gasteiger partial charge in [0, 0.05) is 20.1 Å². The Kier molecular flexibility index (Phi) is 5.01. The molecule has 112 valence electrons. The maximum atomic E-state index is 5.99. The third kappa shape index (κ3) is 3.13. The topological polar surface area (TPSA) is 48.1 Å². The van der Waals surface area contributed by atoms with Gasteiger partial charge in [0.05, 0.1) is 24.8 Å². The lowest BCUT2D eigenvalue weighted by molar-refractivity contribution is 0.111. The molecule has 7 heteroatoms. The molecule has 0 amide bonds. The second kappa shape index (κ2) is 6.56. The number of hydrogen-bond donors (Lipinski definition) is 0. The van der Waals surface area contributed by atoms with Crippen LogP contribution in [-0.4, -0.2) is 58.1 Å². The molecule has 0 bridgehead atoms. The molecule has 0 aliphatic carbocycles. The first-order valence-corrected chi connectivity index (χ1v) is 7.25. The molecule has 2 aromatic rings. The molecule has 0 aromatic carbocycles. The molecule has 0 atom stereocenters. The number of halogens is 1. The van der Waals surface area contributed by atoms with Gasteiger partial charge in [0.1, 0.15) is 11.3 Å². The fourth-order valence-corrected chi connectivity index (χ4v) is 2.43. The summed E-state index contributed by atoms with van der Waals surface area (Å²) >= 11 is 5.99. The van der Waals surface area contributed by atoms with Crippen LogP contribution < -0.4 is 0 Å². The zero-order valence-electron chi connectivity index (χ0n) is 12.6. The van der Waals surface area contributed by atoms with Gasteiger partial charge in [-0.15, -0.1) is 11.6 Å². The van der Waals surface area contributed by atoms with Crippen LogP contribution in [0.25, 0.3) is 11.2 Å². The quantitative estimate of drug-likeness (QED) is 0.573. The molecule has 6 nitrogen and oxygen atoms in total. The van der Waals surface area contributed by atoms with Crippen LogP contribution in [0.5, 0.6) is 0 Å². The molecular weight excluding hydrogens is 278 g/mol. The molecule has 2 heterocycles. The number of aromatic nitrogens is 4. The Morgan fingerprint density at radius 1 is 1.30 bits per heavy atom. The molecular formula is C13H22ClN5O. The third-order valence-corrected chi connectivity index (χ3v) is 3.47. The molecule has 2 rings (SSSR count). The van der Waals surface area contributed by atoms with E-state index in [1.54, 1.807) is 0 Å². The molecule has 0 saturated heterocycles. The van der Waals surface area contributed by atoms with Crippen LogP contribution >= 0.6 is 11.6 Å². The van der Waals surface area contributed by atoms with Gasteiger partial charge in [-0.25, -0.2) is 4.98 Å². The predicted molar refractivity (Wildman–Crippen MR) is 80.2 cm³/mol. The Morgan fingerprint density at radius 3 is 2.70 bits per heavy atom. The van der Waals surface area contributed by atoms with E-state index in [1.165, 1.54) is 0 Å². The van der Waals surface area contributed by atoms with Crippen molar-refractivity contribution in [3.8, 4) is 0 Å². The molecule has 0 spiro atoms. The molecule has 20 heavy (non-hydrogen) atoms. The van der Waals surface area contributed by atoms with Crippen LogP contribution in [0.4, 0.5) is 0 Å². The molecule has 0 fully saturated rings. The van der Waals surface area contributed by atoms with Gasteiger partial charge in [-0.2, -0.15) is 5.10 Å². The zero-order chi connectivity index (χ0) is 14.7. The lowest BCUT2D eigenvalue weighted by Crippen LogP contribution is -2.19. The molecule has 0 saturated carbocycles. The summed E-state index contributed by atoms with van der Waals surface area (Å²) in [5.41, 5.74) is 2.87. The minimum absolute atomic E-state index is 0.395. The Labute approximate surface area is 124 Å². The van der Waals surface area contributed by atoms with Crippen molar-refractivity contribution < 1.29 is 4.74 Å². The first-order chi connectivity index (χ1) is 9.54. The average molecular weight is 300 g/mol. The summed E-state index contributed by atoms with van der Waals surface area (Å²) in [6, 6.07) is 0. The summed E-state index contributed by atoms with van der Waals surface area (Å²) in [7, 11) is 6.00. The highest BCUT2D eigenvalue weighted by molar-refractivity contribution is 6.16. The van der Waals surface area contributed by atoms with E-state index < -0.39 is 0 Å². The summed E-state index contributed by atoms with van der Waals surface area (Å²) in [4.78, 5) is 6.66. The van der Waals surface area contributed by atoms with E-state index in [1.807, 2.05) is 32.7 Å². The van der Waals surface area contributed by atoms with Crippen molar-refractivity contribution in [1.82, 2.24) is 24.2 Å². The van der Waals surface area contributed by atoms with E-state index in [-0.39, 0.29) is 0 Å². The maximum absolute atomic E-state index is 5.99. The molecule has 0 radical (unpaired) electrons. The van der Waals surface area contributed by atoms with E-state index in [4.69, 9.17) is 16.3 Å². The van der Waals surface area contributed by atoms with Crippen molar-refractivity contribution in [2.75, 3.05) is 33.9 Å². The number of fused-ring (bicyclic) bond motifs is 1. The Morgan fingerprint density at radius 2 is 2.05 bits per heavy atom. The van der Waals surface area contributed by atoms with Crippen molar-refractivity contribution >= 4 is 22.8 Å². The minimum atomic E-state index is 0.395. The van der Waals surface area contributed by atoms with Crippen molar-refractivity contribution in [2.24, 2.45) is 7.05 Å². The van der Waals surface area contributed by atoms with Crippen LogP contribution in [0, 0.1) is 6.92 Å². The standard InChI is InChI=1S/C13H22ClN5O/c1-10-12-13(18(4)16-10)19(11(9-14)15-12)6-8-20-7-5-17(2)3/h5-9H2,1-4H3. The second-order valence-corrected chi connectivity index (χ2v) is 5.38. The van der Waals surface area contributed by atoms with Gasteiger partial charge in [0.2, 0.25) is 0 Å². The highest BCUT2D eigenvalue weighted by atomic mass is 35.5. The average Bonchev–Trinajstić information content (AvgIpc) is 2.88. The van der Waals surface area contributed by atoms with Crippen molar-refractivity contribution in [1.29, 1.82) is 0 Å². The number of imidazole rings is 1. The van der Waals surface area contributed by atoms with Gasteiger partial charge in [0.25, 0.3) is 0 Å². The van der Waals surface area contributed by atoms with E-state index >= 15 is 0 Å². The number of likely N-dealkylation sites (N-methyl/N-ethyl adjacent to an activating group) is 1. The van der Waals surface area contributed by atoms with Crippen molar-refractivity contribution in [2.45, 2.75) is 19.3 Å². The summed E-state index contributed by atoms with van der Waals surface area (Å²) in [5.74, 6) is 1.26. The van der Waals surface area contributed by atoms with Gasteiger partial charge < -0.3 is 14.2 Å². The van der Waals surface area contributed by atoms with Crippen LogP contribution in [0.1, 0.15) is 11.5 Å². The summed E-state index contributed by atoms with van der Waals surface area (Å²) < 4.78 is 9.60. The largest absolute Gasteiger partial charge is 0.378 e. The molecule has 0 aliphatic heterocycles. The van der Waals surface area contributed by atoms with Gasteiger partial charge in [-0.1, -0.05) is 0 Å². The van der Waals surface area contributed by atoms with E-state index in [0.29, 0.717) is 12.5 Å². The predicted octanol–water partition coefficient (Wildman–Crippen LogP) is 1.40. The number of rotatable bonds is 7. The summed E-state index contributed by atoms with van der Waals surface area (Å²) in [6.45, 7) is 5.00. The van der Waals surface area contributed by atoms with Crippen molar-refractivity contribution in [3.63, 3.8) is 0 Å². The molecule has 0 unspecified atom stereocenters.